The molecule has 1 saturated heterocycles. The first-order chi connectivity index (χ1) is 8.69. The average molecular weight is 282 g/mol. The van der Waals surface area contributed by atoms with Crippen LogP contribution in [0.1, 0.15) is 26.7 Å². The summed E-state index contributed by atoms with van der Waals surface area (Å²) in [6, 6.07) is 5.03. The molecule has 106 valence electrons. The Morgan fingerprint density at radius 1 is 1.32 bits per heavy atom. The SMILES string of the molecule is CC1(C)CCCN(c2ccc(S(C)(=O)=O)cc2N)C1. The molecule has 19 heavy (non-hydrogen) atoms. The normalized spacial score (nSPS) is 19.4. The van der Waals surface area contributed by atoms with Gasteiger partial charge in [-0.15, -0.1) is 0 Å². The average Bonchev–Trinajstić information content (AvgIpc) is 2.26. The molecule has 1 heterocycles. The van der Waals surface area contributed by atoms with Gasteiger partial charge in [-0.3, -0.25) is 0 Å². The number of rotatable bonds is 2. The zero-order valence-corrected chi connectivity index (χ0v) is 12.6. The molecule has 0 saturated carbocycles. The number of hydrogen-bond acceptors (Lipinski definition) is 4. The fraction of sp³-hybridized carbons (Fsp3) is 0.571. The van der Waals surface area contributed by atoms with Gasteiger partial charge in [-0.2, -0.15) is 0 Å². The van der Waals surface area contributed by atoms with E-state index in [1.54, 1.807) is 12.1 Å². The van der Waals surface area contributed by atoms with Gasteiger partial charge in [0, 0.05) is 19.3 Å². The topological polar surface area (TPSA) is 63.4 Å². The fourth-order valence-corrected chi connectivity index (χ4v) is 3.34. The molecule has 1 aromatic carbocycles. The number of nitrogens with zero attached hydrogens (tertiary/aromatic N) is 1. The zero-order valence-electron chi connectivity index (χ0n) is 11.8. The van der Waals surface area contributed by atoms with Crippen LogP contribution in [0.2, 0.25) is 0 Å². The molecule has 4 nitrogen and oxygen atoms in total. The number of benzene rings is 1. The fourth-order valence-electron chi connectivity index (χ4n) is 2.68. The summed E-state index contributed by atoms with van der Waals surface area (Å²) in [5.74, 6) is 0. The van der Waals surface area contributed by atoms with Crippen molar-refractivity contribution >= 4 is 21.2 Å². The lowest BCUT2D eigenvalue weighted by Gasteiger charge is -2.40. The van der Waals surface area contributed by atoms with Crippen molar-refractivity contribution in [2.75, 3.05) is 30.0 Å². The summed E-state index contributed by atoms with van der Waals surface area (Å²) in [5.41, 5.74) is 7.80. The Bertz CT molecular complexity index is 579. The summed E-state index contributed by atoms with van der Waals surface area (Å²) in [7, 11) is -3.19. The molecule has 0 radical (unpaired) electrons. The molecule has 0 unspecified atom stereocenters. The van der Waals surface area contributed by atoms with Crippen LogP contribution in [0, 0.1) is 5.41 Å². The molecule has 0 aliphatic carbocycles. The van der Waals surface area contributed by atoms with Gasteiger partial charge in [0.05, 0.1) is 16.3 Å². The van der Waals surface area contributed by atoms with Crippen molar-refractivity contribution in [3.05, 3.63) is 18.2 Å². The third-order valence-electron chi connectivity index (χ3n) is 3.67. The minimum absolute atomic E-state index is 0.278. The monoisotopic (exact) mass is 282 g/mol. The van der Waals surface area contributed by atoms with Gasteiger partial charge in [0.2, 0.25) is 0 Å². The van der Waals surface area contributed by atoms with Gasteiger partial charge in [0.15, 0.2) is 9.84 Å². The Morgan fingerprint density at radius 2 is 2.00 bits per heavy atom. The van der Waals surface area contributed by atoms with Crippen LogP contribution in [0.15, 0.2) is 23.1 Å². The van der Waals surface area contributed by atoms with E-state index in [1.165, 1.54) is 12.7 Å². The quantitative estimate of drug-likeness (QED) is 0.845. The Kier molecular flexibility index (Phi) is 3.51. The van der Waals surface area contributed by atoms with E-state index in [2.05, 4.69) is 18.7 Å². The van der Waals surface area contributed by atoms with E-state index in [0.29, 0.717) is 5.69 Å². The lowest BCUT2D eigenvalue weighted by atomic mass is 9.84. The second kappa shape index (κ2) is 4.71. The third-order valence-corrected chi connectivity index (χ3v) is 4.78. The third kappa shape index (κ3) is 3.21. The molecule has 0 spiro atoms. The molecule has 1 aromatic rings. The maximum Gasteiger partial charge on any atom is 0.175 e. The van der Waals surface area contributed by atoms with Crippen molar-refractivity contribution in [2.45, 2.75) is 31.6 Å². The summed E-state index contributed by atoms with van der Waals surface area (Å²) in [6.07, 6.45) is 3.55. The number of piperidine rings is 1. The number of hydrogen-bond donors (Lipinski definition) is 1. The van der Waals surface area contributed by atoms with Gasteiger partial charge in [-0.25, -0.2) is 8.42 Å². The molecule has 0 amide bonds. The second-order valence-corrected chi connectivity index (χ2v) is 8.20. The van der Waals surface area contributed by atoms with E-state index in [1.807, 2.05) is 6.07 Å². The Balaban J connectivity index is 2.31. The van der Waals surface area contributed by atoms with E-state index >= 15 is 0 Å². The molecule has 1 aliphatic rings. The highest BCUT2D eigenvalue weighted by Gasteiger charge is 2.27. The van der Waals surface area contributed by atoms with Crippen LogP contribution in [0.25, 0.3) is 0 Å². The molecule has 1 fully saturated rings. The Labute approximate surface area is 115 Å². The Hall–Kier alpha value is -1.23. The highest BCUT2D eigenvalue weighted by molar-refractivity contribution is 7.90. The predicted octanol–water partition coefficient (Wildman–Crippen LogP) is 2.30. The van der Waals surface area contributed by atoms with Gasteiger partial charge in [0.25, 0.3) is 0 Å². The van der Waals surface area contributed by atoms with Crippen molar-refractivity contribution < 1.29 is 8.42 Å². The molecular weight excluding hydrogens is 260 g/mol. The van der Waals surface area contributed by atoms with Gasteiger partial charge in [-0.05, 0) is 36.5 Å². The van der Waals surface area contributed by atoms with Gasteiger partial charge >= 0.3 is 0 Å². The van der Waals surface area contributed by atoms with Crippen molar-refractivity contribution in [2.24, 2.45) is 5.41 Å². The van der Waals surface area contributed by atoms with Gasteiger partial charge in [-0.1, -0.05) is 13.8 Å². The maximum atomic E-state index is 11.5. The number of nitrogens with two attached hydrogens (primary N) is 1. The molecule has 1 aliphatic heterocycles. The van der Waals surface area contributed by atoms with E-state index in [0.717, 1.165) is 25.2 Å². The maximum absolute atomic E-state index is 11.5. The van der Waals surface area contributed by atoms with Crippen LogP contribution in [0.3, 0.4) is 0 Å². The molecule has 2 rings (SSSR count). The molecule has 5 heteroatoms. The van der Waals surface area contributed by atoms with E-state index in [-0.39, 0.29) is 10.3 Å². The molecule has 0 atom stereocenters. The number of nitrogen functional groups attached to an aromatic ring is 1. The molecular formula is C14H22N2O2S. The highest BCUT2D eigenvalue weighted by Crippen LogP contribution is 2.34. The first-order valence-electron chi connectivity index (χ1n) is 6.54. The van der Waals surface area contributed by atoms with Crippen LogP contribution in [-0.4, -0.2) is 27.8 Å². The van der Waals surface area contributed by atoms with Crippen LogP contribution >= 0.6 is 0 Å². The van der Waals surface area contributed by atoms with Crippen molar-refractivity contribution in [1.82, 2.24) is 0 Å². The first-order valence-corrected chi connectivity index (χ1v) is 8.43. The summed E-state index contributed by atoms with van der Waals surface area (Å²) >= 11 is 0. The highest BCUT2D eigenvalue weighted by atomic mass is 32.2. The summed E-state index contributed by atoms with van der Waals surface area (Å²) in [5, 5.41) is 0. The van der Waals surface area contributed by atoms with Crippen molar-refractivity contribution in [3.63, 3.8) is 0 Å². The summed E-state index contributed by atoms with van der Waals surface area (Å²) < 4.78 is 23.0. The molecule has 2 N–H and O–H groups in total. The predicted molar refractivity (Wildman–Crippen MR) is 79.2 cm³/mol. The van der Waals surface area contributed by atoms with E-state index < -0.39 is 9.84 Å². The summed E-state index contributed by atoms with van der Waals surface area (Å²) in [6.45, 7) is 6.43. The van der Waals surface area contributed by atoms with Crippen LogP contribution < -0.4 is 10.6 Å². The number of anilines is 2. The van der Waals surface area contributed by atoms with Gasteiger partial charge in [0.1, 0.15) is 0 Å². The minimum atomic E-state index is -3.19. The lowest BCUT2D eigenvalue weighted by Crippen LogP contribution is -2.40. The standard InChI is InChI=1S/C14H22N2O2S/c1-14(2)7-4-8-16(10-14)13-6-5-11(9-12(13)15)19(3,17)18/h5-6,9H,4,7-8,10,15H2,1-3H3. The largest absolute Gasteiger partial charge is 0.397 e. The van der Waals surface area contributed by atoms with Gasteiger partial charge < -0.3 is 10.6 Å². The van der Waals surface area contributed by atoms with Crippen LogP contribution in [0.5, 0.6) is 0 Å². The molecule has 0 bridgehead atoms. The molecule has 0 aromatic heterocycles. The van der Waals surface area contributed by atoms with Crippen molar-refractivity contribution in [3.8, 4) is 0 Å². The number of sulfone groups is 1. The smallest absolute Gasteiger partial charge is 0.175 e. The summed E-state index contributed by atoms with van der Waals surface area (Å²) in [4.78, 5) is 2.54. The second-order valence-electron chi connectivity index (χ2n) is 6.18. The van der Waals surface area contributed by atoms with Crippen LogP contribution in [0.4, 0.5) is 11.4 Å². The van der Waals surface area contributed by atoms with Crippen molar-refractivity contribution in [1.29, 1.82) is 0 Å². The first kappa shape index (κ1) is 14.2. The van der Waals surface area contributed by atoms with E-state index in [4.69, 9.17) is 5.73 Å². The van der Waals surface area contributed by atoms with E-state index in [9.17, 15) is 8.42 Å². The minimum Gasteiger partial charge on any atom is -0.397 e. The zero-order chi connectivity index (χ0) is 14.3. The lowest BCUT2D eigenvalue weighted by molar-refractivity contribution is 0.293. The Morgan fingerprint density at radius 3 is 2.53 bits per heavy atom. The van der Waals surface area contributed by atoms with Crippen LogP contribution in [-0.2, 0) is 9.84 Å².